The fraction of sp³-hybridized carbons (Fsp3) is 0.241. The summed E-state index contributed by atoms with van der Waals surface area (Å²) in [7, 11) is -3.50. The van der Waals surface area contributed by atoms with Gasteiger partial charge < -0.3 is 25.3 Å². The van der Waals surface area contributed by atoms with Gasteiger partial charge in [-0.25, -0.2) is 13.1 Å². The van der Waals surface area contributed by atoms with E-state index >= 15 is 0 Å². The number of unbranched alkanes of at least 4 members (excludes halogenated alkanes) is 1. The number of hydrogen-bond acceptors (Lipinski definition) is 10. The average molecular weight is 1100 g/mol. The molecule has 0 saturated heterocycles. The number of nitrogens with zero attached hydrogens (tertiary/aromatic N) is 3. The highest BCUT2D eigenvalue weighted by Crippen LogP contribution is 2.51. The van der Waals surface area contributed by atoms with E-state index in [4.69, 9.17) is 23.2 Å². The van der Waals surface area contributed by atoms with Gasteiger partial charge in [-0.3, -0.25) is 9.59 Å². The van der Waals surface area contributed by atoms with Crippen LogP contribution in [0, 0.1) is 13.8 Å². The molecule has 0 aliphatic carbocycles. The topological polar surface area (TPSA) is 114 Å². The summed E-state index contributed by atoms with van der Waals surface area (Å²) in [5.41, 5.74) is 9.42. The van der Waals surface area contributed by atoms with Gasteiger partial charge in [0.2, 0.25) is 21.8 Å². The minimum atomic E-state index is -3.50. The maximum absolute atomic E-state index is 12.5. The zero-order chi connectivity index (χ0) is 52.2. The van der Waals surface area contributed by atoms with Crippen molar-refractivity contribution in [2.75, 3.05) is 54.0 Å². The first kappa shape index (κ1) is 54.7. The minimum absolute atomic E-state index is 0.0121. The molecule has 0 spiro atoms. The van der Waals surface area contributed by atoms with Crippen LogP contribution < -0.4 is 30.1 Å². The van der Waals surface area contributed by atoms with Crippen LogP contribution in [0.3, 0.4) is 0 Å². The van der Waals surface area contributed by atoms with Crippen molar-refractivity contribution in [2.24, 2.45) is 0 Å². The van der Waals surface area contributed by atoms with E-state index in [2.05, 4.69) is 122 Å². The molecular formula is C58H60Cl2N6O4S4. The molecule has 0 bridgehead atoms. The average Bonchev–Trinajstić information content (AvgIpc) is 3.39. The first-order chi connectivity index (χ1) is 35.7. The van der Waals surface area contributed by atoms with Crippen molar-refractivity contribution in [3.8, 4) is 0 Å². The van der Waals surface area contributed by atoms with Crippen LogP contribution in [0.25, 0.3) is 0 Å². The Balaban J connectivity index is 0.000000150. The number of fused-ring (bicyclic) bond motifs is 6. The predicted molar refractivity (Wildman–Crippen MR) is 309 cm³/mol. The summed E-state index contributed by atoms with van der Waals surface area (Å²) in [5, 5.41) is 7.15. The Morgan fingerprint density at radius 1 is 0.446 bits per heavy atom. The maximum atomic E-state index is 12.5. The van der Waals surface area contributed by atoms with Crippen LogP contribution in [-0.2, 0) is 19.6 Å². The number of carbonyl (C=O) groups excluding carboxylic acids is 2. The van der Waals surface area contributed by atoms with E-state index in [0.29, 0.717) is 36.0 Å². The summed E-state index contributed by atoms with van der Waals surface area (Å²) in [4.78, 5) is 36.6. The lowest BCUT2D eigenvalue weighted by Crippen LogP contribution is -2.29. The molecule has 0 saturated carbocycles. The van der Waals surface area contributed by atoms with E-state index in [0.717, 1.165) is 71.4 Å². The Bertz CT molecular complexity index is 3220. The summed E-state index contributed by atoms with van der Waals surface area (Å²) in [6, 6.07) is 50.6. The SMILES string of the molecule is CC(=O)NCCCCN1c2ccccc2Sc2ccc(C)cc21.CC(=O)NCCCN1c2ccccc2Sc2ccc(Cl)cc21.Cc1ccc(S(=O)(=O)NCCCN2c3ccccc3Sc3ccc(Cl)cc32)cc1. The second kappa shape index (κ2) is 25.8. The molecule has 7 aromatic rings. The van der Waals surface area contributed by atoms with Crippen LogP contribution >= 0.6 is 58.5 Å². The van der Waals surface area contributed by atoms with Gasteiger partial charge >= 0.3 is 0 Å². The number of carbonyl (C=O) groups is 2. The lowest BCUT2D eigenvalue weighted by molar-refractivity contribution is -0.119. The summed E-state index contributed by atoms with van der Waals surface area (Å²) in [6.07, 6.45) is 3.58. The van der Waals surface area contributed by atoms with Crippen LogP contribution in [0.1, 0.15) is 50.7 Å². The molecule has 0 unspecified atom stereocenters. The second-order valence-corrected chi connectivity index (χ2v) is 23.8. The number of anilines is 6. The maximum Gasteiger partial charge on any atom is 0.240 e. The van der Waals surface area contributed by atoms with Gasteiger partial charge in [-0.2, -0.15) is 0 Å². The number of aryl methyl sites for hydroxylation is 2. The zero-order valence-electron chi connectivity index (χ0n) is 41.9. The number of hydrogen-bond donors (Lipinski definition) is 3. The molecule has 10 rings (SSSR count). The number of rotatable bonds is 15. The van der Waals surface area contributed by atoms with Crippen molar-refractivity contribution < 1.29 is 18.0 Å². The van der Waals surface area contributed by atoms with Gasteiger partial charge in [0.15, 0.2) is 0 Å². The van der Waals surface area contributed by atoms with Crippen molar-refractivity contribution in [3.05, 3.63) is 173 Å². The van der Waals surface area contributed by atoms with Gasteiger partial charge in [-0.05, 0) is 142 Å². The molecule has 0 radical (unpaired) electrons. The molecule has 7 aromatic carbocycles. The fourth-order valence-electron chi connectivity index (χ4n) is 8.67. The number of benzene rings is 7. The smallest absolute Gasteiger partial charge is 0.240 e. The van der Waals surface area contributed by atoms with Crippen LogP contribution in [0.2, 0.25) is 10.0 Å². The normalized spacial score (nSPS) is 12.8. The van der Waals surface area contributed by atoms with Gasteiger partial charge in [0.05, 0.1) is 39.0 Å². The van der Waals surface area contributed by atoms with Gasteiger partial charge in [0, 0.05) is 92.5 Å². The highest BCUT2D eigenvalue weighted by atomic mass is 35.5. The molecule has 3 heterocycles. The van der Waals surface area contributed by atoms with Crippen molar-refractivity contribution in [1.29, 1.82) is 0 Å². The molecule has 74 heavy (non-hydrogen) atoms. The highest BCUT2D eigenvalue weighted by Gasteiger charge is 2.26. The van der Waals surface area contributed by atoms with Crippen LogP contribution in [0.4, 0.5) is 34.1 Å². The van der Waals surface area contributed by atoms with Crippen molar-refractivity contribution in [3.63, 3.8) is 0 Å². The number of sulfonamides is 1. The van der Waals surface area contributed by atoms with E-state index in [9.17, 15) is 18.0 Å². The molecule has 16 heteroatoms. The van der Waals surface area contributed by atoms with Crippen LogP contribution in [0.5, 0.6) is 0 Å². The third-order valence-electron chi connectivity index (χ3n) is 12.3. The van der Waals surface area contributed by atoms with Crippen LogP contribution in [0.15, 0.2) is 186 Å². The lowest BCUT2D eigenvalue weighted by Gasteiger charge is -2.33. The summed E-state index contributed by atoms with van der Waals surface area (Å²) in [6.45, 7) is 11.5. The molecule has 2 amide bonds. The highest BCUT2D eigenvalue weighted by molar-refractivity contribution is 8.00. The molecule has 0 aromatic heterocycles. The standard InChI is InChI=1S/C22H21ClN2O2S2.C19H22N2OS.C17H17ClN2OS/c1-16-7-10-18(11-8-16)29(26,27)24-13-4-14-25-19-5-2-3-6-21(19)28-22-12-9-17(23)15-20(22)25;1-14-9-10-19-17(13-14)21(12-6-5-11-20-15(2)22)16-7-3-4-8-18(16)23-19;1-12(21)19-9-4-10-20-14-5-2-3-6-16(14)22-17-8-7-13(18)11-15(17)20/h2-3,5-12,15,24H,4,13-14H2,1H3;3-4,7-10,13H,5-6,11-12H2,1-2H3,(H,20,22);2-3,5-8,11H,4,9-10H2,1H3,(H,19,21). The lowest BCUT2D eigenvalue weighted by atomic mass is 10.1. The first-order valence-electron chi connectivity index (χ1n) is 24.6. The second-order valence-electron chi connectivity index (χ2n) is 18.0. The monoisotopic (exact) mass is 1100 g/mol. The number of nitrogens with one attached hydrogen (secondary N) is 3. The Kier molecular flexibility index (Phi) is 19.0. The molecule has 3 aliphatic heterocycles. The molecule has 384 valence electrons. The van der Waals surface area contributed by atoms with Crippen molar-refractivity contribution in [2.45, 2.75) is 87.6 Å². The van der Waals surface area contributed by atoms with E-state index in [-0.39, 0.29) is 11.8 Å². The fourth-order valence-corrected chi connectivity index (χ4v) is 13.3. The quantitative estimate of drug-likeness (QED) is 0.0858. The first-order valence-corrected chi connectivity index (χ1v) is 29.3. The number of halogens is 2. The van der Waals surface area contributed by atoms with E-state index in [1.165, 1.54) is 47.1 Å². The Morgan fingerprint density at radius 3 is 1.30 bits per heavy atom. The molecule has 3 N–H and O–H groups in total. The van der Waals surface area contributed by atoms with Gasteiger partial charge in [0.1, 0.15) is 0 Å². The Labute approximate surface area is 459 Å². The van der Waals surface area contributed by atoms with Gasteiger partial charge in [-0.1, -0.05) is 119 Å². The summed E-state index contributed by atoms with van der Waals surface area (Å²) in [5.74, 6) is 0.0590. The van der Waals surface area contributed by atoms with Crippen molar-refractivity contribution in [1.82, 2.24) is 15.4 Å². The van der Waals surface area contributed by atoms with E-state index < -0.39 is 10.0 Å². The van der Waals surface area contributed by atoms with E-state index in [1.807, 2.05) is 61.2 Å². The molecule has 10 nitrogen and oxygen atoms in total. The predicted octanol–water partition coefficient (Wildman–Crippen LogP) is 14.6. The largest absolute Gasteiger partial charge is 0.356 e. The minimum Gasteiger partial charge on any atom is -0.356 e. The molecule has 3 aliphatic rings. The Hall–Kier alpha value is -5.58. The van der Waals surface area contributed by atoms with E-state index in [1.54, 1.807) is 61.6 Å². The molecule has 0 fully saturated rings. The van der Waals surface area contributed by atoms with Crippen molar-refractivity contribution >= 4 is 114 Å². The Morgan fingerprint density at radius 2 is 0.824 bits per heavy atom. The summed E-state index contributed by atoms with van der Waals surface area (Å²) >= 11 is 17.8. The zero-order valence-corrected chi connectivity index (χ0v) is 46.6. The number of amides is 2. The number of para-hydroxylation sites is 3. The third kappa shape index (κ3) is 14.2. The summed E-state index contributed by atoms with van der Waals surface area (Å²) < 4.78 is 27.7. The molecular weight excluding hydrogens is 1040 g/mol. The van der Waals surface area contributed by atoms with Crippen LogP contribution in [-0.4, -0.2) is 59.5 Å². The van der Waals surface area contributed by atoms with Gasteiger partial charge in [0.25, 0.3) is 0 Å². The third-order valence-corrected chi connectivity index (χ3v) is 17.6. The molecule has 0 atom stereocenters. The van der Waals surface area contributed by atoms with Gasteiger partial charge in [-0.15, -0.1) is 0 Å².